The second kappa shape index (κ2) is 9.23. The van der Waals surface area contributed by atoms with Gasteiger partial charge in [0.1, 0.15) is 12.4 Å². The monoisotopic (exact) mass is 493 g/mol. The molecule has 2 aromatic carbocycles. The third-order valence-electron chi connectivity index (χ3n) is 4.84. The summed E-state index contributed by atoms with van der Waals surface area (Å²) in [6, 6.07) is 11.3. The molecule has 1 saturated heterocycles. The molecule has 0 aliphatic carbocycles. The maximum atomic E-state index is 13.6. The molecule has 31 heavy (non-hydrogen) atoms. The topological polar surface area (TPSA) is 60.2 Å². The van der Waals surface area contributed by atoms with Crippen LogP contribution < -0.4 is 10.1 Å². The minimum atomic E-state index is -4.58. The standard InChI is InChI=1S/C22H19BrF3N3O2/c23-16-6-1-4-14(12-16)5-3-11-30-19-9-8-15(13-17(19)22(24,25)26)20-28-21(31-29-20)18-7-2-10-27-18/h1,3-6,8-9,12-13,18,27H,2,7,10-11H2/b5-3+/t18-/m0/s1. The molecule has 1 fully saturated rings. The van der Waals surface area contributed by atoms with Crippen molar-refractivity contribution in [3.8, 4) is 17.1 Å². The molecule has 9 heteroatoms. The number of ether oxygens (including phenoxy) is 1. The van der Waals surface area contributed by atoms with Gasteiger partial charge in [-0.1, -0.05) is 39.3 Å². The molecule has 0 radical (unpaired) electrons. The summed E-state index contributed by atoms with van der Waals surface area (Å²) in [5.74, 6) is 0.255. The first-order chi connectivity index (χ1) is 14.9. The highest BCUT2D eigenvalue weighted by Gasteiger charge is 2.35. The number of hydrogen-bond acceptors (Lipinski definition) is 5. The van der Waals surface area contributed by atoms with Crippen LogP contribution in [0, 0.1) is 0 Å². The van der Waals surface area contributed by atoms with Crippen molar-refractivity contribution in [3.63, 3.8) is 0 Å². The van der Waals surface area contributed by atoms with Gasteiger partial charge in [-0.25, -0.2) is 0 Å². The van der Waals surface area contributed by atoms with Gasteiger partial charge in [-0.05, 0) is 61.4 Å². The van der Waals surface area contributed by atoms with Gasteiger partial charge in [0.25, 0.3) is 0 Å². The van der Waals surface area contributed by atoms with Gasteiger partial charge < -0.3 is 14.6 Å². The van der Waals surface area contributed by atoms with Crippen molar-refractivity contribution in [1.82, 2.24) is 15.5 Å². The van der Waals surface area contributed by atoms with Gasteiger partial charge in [0.15, 0.2) is 0 Å². The van der Waals surface area contributed by atoms with E-state index in [-0.39, 0.29) is 29.8 Å². The van der Waals surface area contributed by atoms with Crippen molar-refractivity contribution in [1.29, 1.82) is 0 Å². The van der Waals surface area contributed by atoms with Crippen molar-refractivity contribution < 1.29 is 22.4 Å². The van der Waals surface area contributed by atoms with E-state index in [1.807, 2.05) is 24.3 Å². The van der Waals surface area contributed by atoms with E-state index >= 15 is 0 Å². The Kier molecular flexibility index (Phi) is 6.43. The smallest absolute Gasteiger partial charge is 0.419 e. The SMILES string of the molecule is FC(F)(F)c1cc(-c2noc([C@@H]3CCCN3)n2)ccc1OC/C=C/c1cccc(Br)c1. The van der Waals surface area contributed by atoms with E-state index < -0.39 is 11.7 Å². The molecular weight excluding hydrogens is 475 g/mol. The number of alkyl halides is 3. The zero-order valence-corrected chi connectivity index (χ0v) is 17.9. The largest absolute Gasteiger partial charge is 0.489 e. The van der Waals surface area contributed by atoms with Gasteiger partial charge in [0, 0.05) is 10.0 Å². The number of halogens is 4. The lowest BCUT2D eigenvalue weighted by Crippen LogP contribution is -2.13. The number of rotatable bonds is 6. The first kappa shape index (κ1) is 21.6. The third-order valence-corrected chi connectivity index (χ3v) is 5.33. The normalized spacial score (nSPS) is 16.8. The third kappa shape index (κ3) is 5.34. The van der Waals surface area contributed by atoms with Crippen LogP contribution in [-0.2, 0) is 6.18 Å². The van der Waals surface area contributed by atoms with E-state index in [1.165, 1.54) is 12.1 Å². The van der Waals surface area contributed by atoms with Crippen molar-refractivity contribution in [2.45, 2.75) is 25.1 Å². The summed E-state index contributed by atoms with van der Waals surface area (Å²) in [6.07, 6.45) is 0.706. The maximum absolute atomic E-state index is 13.6. The fraction of sp³-hybridized carbons (Fsp3) is 0.273. The van der Waals surface area contributed by atoms with Crippen LogP contribution >= 0.6 is 15.9 Å². The van der Waals surface area contributed by atoms with Crippen LogP contribution in [0.15, 0.2) is 57.5 Å². The molecule has 0 amide bonds. The predicted octanol–water partition coefficient (Wildman–Crippen LogP) is 6.03. The number of hydrogen-bond donors (Lipinski definition) is 1. The number of nitrogens with one attached hydrogen (secondary N) is 1. The Hall–Kier alpha value is -2.65. The molecule has 5 nitrogen and oxygen atoms in total. The van der Waals surface area contributed by atoms with Crippen LogP contribution in [0.25, 0.3) is 17.5 Å². The van der Waals surface area contributed by atoms with E-state index in [1.54, 1.807) is 12.2 Å². The minimum absolute atomic E-state index is 0.00531. The van der Waals surface area contributed by atoms with Crippen molar-refractivity contribution >= 4 is 22.0 Å². The molecular formula is C22H19BrF3N3O2. The molecule has 1 aliphatic rings. The molecule has 162 valence electrons. The van der Waals surface area contributed by atoms with E-state index in [2.05, 4.69) is 31.4 Å². The fourth-order valence-corrected chi connectivity index (χ4v) is 3.76. The number of aromatic nitrogens is 2. The van der Waals surface area contributed by atoms with Crippen molar-refractivity contribution in [2.24, 2.45) is 0 Å². The van der Waals surface area contributed by atoms with E-state index in [0.717, 1.165) is 35.5 Å². The lowest BCUT2D eigenvalue weighted by Gasteiger charge is -2.14. The van der Waals surface area contributed by atoms with E-state index in [9.17, 15) is 13.2 Å². The summed E-state index contributed by atoms with van der Waals surface area (Å²) in [5.41, 5.74) is 0.248. The maximum Gasteiger partial charge on any atom is 0.419 e. The van der Waals surface area contributed by atoms with Gasteiger partial charge >= 0.3 is 6.18 Å². The Balaban J connectivity index is 1.51. The summed E-state index contributed by atoms with van der Waals surface area (Å²) in [5, 5.41) is 7.07. The zero-order valence-electron chi connectivity index (χ0n) is 16.3. The second-order valence-corrected chi connectivity index (χ2v) is 8.00. The van der Waals surface area contributed by atoms with Crippen molar-refractivity contribution in [2.75, 3.05) is 13.2 Å². The molecule has 1 aliphatic heterocycles. The Labute approximate surface area is 185 Å². The highest BCUT2D eigenvalue weighted by molar-refractivity contribution is 9.10. The van der Waals surface area contributed by atoms with Gasteiger partial charge in [-0.3, -0.25) is 0 Å². The second-order valence-electron chi connectivity index (χ2n) is 7.08. The van der Waals surface area contributed by atoms with Crippen LogP contribution in [0.4, 0.5) is 13.2 Å². The van der Waals surface area contributed by atoms with Gasteiger partial charge in [0.2, 0.25) is 11.7 Å². The summed E-state index contributed by atoms with van der Waals surface area (Å²) in [4.78, 5) is 4.27. The van der Waals surface area contributed by atoms with Gasteiger partial charge in [0.05, 0.1) is 11.6 Å². The molecule has 3 aromatic rings. The number of nitrogens with zero attached hydrogens (tertiary/aromatic N) is 2. The molecule has 4 rings (SSSR count). The molecule has 0 unspecified atom stereocenters. The molecule has 0 bridgehead atoms. The Morgan fingerprint density at radius 1 is 1.23 bits per heavy atom. The Morgan fingerprint density at radius 2 is 2.10 bits per heavy atom. The summed E-state index contributed by atoms with van der Waals surface area (Å²) in [6.45, 7) is 0.845. The molecule has 2 heterocycles. The average molecular weight is 494 g/mol. The highest BCUT2D eigenvalue weighted by atomic mass is 79.9. The van der Waals surface area contributed by atoms with E-state index in [0.29, 0.717) is 5.89 Å². The molecule has 1 atom stereocenters. The Bertz CT molecular complexity index is 1080. The van der Waals surface area contributed by atoms with Gasteiger partial charge in [-0.15, -0.1) is 0 Å². The summed E-state index contributed by atoms with van der Waals surface area (Å²) in [7, 11) is 0. The van der Waals surface area contributed by atoms with Crippen LogP contribution in [-0.4, -0.2) is 23.3 Å². The first-order valence-corrected chi connectivity index (χ1v) is 10.5. The molecule has 1 aromatic heterocycles. The minimum Gasteiger partial charge on any atom is -0.489 e. The average Bonchev–Trinajstić information content (AvgIpc) is 3.42. The van der Waals surface area contributed by atoms with Crippen LogP contribution in [0.3, 0.4) is 0 Å². The van der Waals surface area contributed by atoms with Crippen LogP contribution in [0.2, 0.25) is 0 Å². The van der Waals surface area contributed by atoms with E-state index in [4.69, 9.17) is 9.26 Å². The molecule has 0 saturated carbocycles. The van der Waals surface area contributed by atoms with Crippen LogP contribution in [0.5, 0.6) is 5.75 Å². The lowest BCUT2D eigenvalue weighted by molar-refractivity contribution is -0.138. The van der Waals surface area contributed by atoms with Crippen LogP contribution in [0.1, 0.15) is 35.9 Å². The predicted molar refractivity (Wildman–Crippen MR) is 113 cm³/mol. The van der Waals surface area contributed by atoms with Gasteiger partial charge in [-0.2, -0.15) is 18.2 Å². The number of benzene rings is 2. The lowest BCUT2D eigenvalue weighted by atomic mass is 10.1. The quantitative estimate of drug-likeness (QED) is 0.453. The molecule has 0 spiro atoms. The highest BCUT2D eigenvalue weighted by Crippen LogP contribution is 2.38. The first-order valence-electron chi connectivity index (χ1n) is 9.74. The zero-order chi connectivity index (χ0) is 21.8. The summed E-state index contributed by atoms with van der Waals surface area (Å²) >= 11 is 3.38. The molecule has 1 N–H and O–H groups in total. The Morgan fingerprint density at radius 3 is 2.84 bits per heavy atom. The fourth-order valence-electron chi connectivity index (χ4n) is 3.34. The summed E-state index contributed by atoms with van der Waals surface area (Å²) < 4.78 is 52.5. The van der Waals surface area contributed by atoms with Crippen molar-refractivity contribution in [3.05, 3.63) is 70.0 Å².